The Morgan fingerprint density at radius 3 is 1.69 bits per heavy atom. The second kappa shape index (κ2) is 7.54. The smallest absolute Gasteiger partial charge is 0.319 e. The van der Waals surface area contributed by atoms with Crippen molar-refractivity contribution in [2.45, 2.75) is 13.8 Å². The van der Waals surface area contributed by atoms with Gasteiger partial charge in [0.25, 0.3) is 0 Å². The van der Waals surface area contributed by atoms with Crippen LogP contribution < -0.4 is 5.32 Å². The molecule has 0 spiro atoms. The summed E-state index contributed by atoms with van der Waals surface area (Å²) in [5.74, 6) is -0.737. The monoisotopic (exact) mass is 190 g/mol. The van der Waals surface area contributed by atoms with Crippen LogP contribution in [0.5, 0.6) is 0 Å². The Hall–Kier alpha value is -1.10. The minimum atomic E-state index is -0.369. The topological polar surface area (TPSA) is 64.6 Å². The molecule has 0 amide bonds. The fourth-order valence-corrected chi connectivity index (χ4v) is 0.691. The molecule has 0 aliphatic heterocycles. The molecule has 0 saturated carbocycles. The van der Waals surface area contributed by atoms with Gasteiger partial charge in [-0.05, 0) is 13.8 Å². The van der Waals surface area contributed by atoms with E-state index < -0.39 is 0 Å². The number of esters is 2. The van der Waals surface area contributed by atoms with E-state index in [0.717, 1.165) is 0 Å². The number of hydrogen-bond acceptors (Lipinski definition) is 5. The minimum Gasteiger partial charge on any atom is -0.465 e. The summed E-state index contributed by atoms with van der Waals surface area (Å²) in [6.07, 6.45) is 0. The Morgan fingerprint density at radius 2 is 1.38 bits per heavy atom. The third-order valence-electron chi connectivity index (χ3n) is 1.15. The molecule has 76 valence electrons. The predicted octanol–water partition coefficient (Wildman–Crippen LogP) is -0.298. The first-order valence-corrected chi connectivity index (χ1v) is 4.22. The highest BCUT2D eigenvalue weighted by Crippen LogP contribution is 1.77. The van der Waals surface area contributed by atoms with Crippen LogP contribution in [0.2, 0.25) is 0 Å². The van der Waals surface area contributed by atoms with Crippen LogP contribution in [0.4, 0.5) is 0 Å². The third-order valence-corrected chi connectivity index (χ3v) is 1.15. The highest BCUT2D eigenvalue weighted by molar-refractivity contribution is 5.74. The van der Waals surface area contributed by atoms with Crippen molar-refractivity contribution < 1.29 is 19.1 Å². The van der Waals surface area contributed by atoms with Crippen molar-refractivity contribution in [2.75, 3.05) is 26.3 Å². The SMILES string of the molecule is CCOC(=O)C[15NH]CC(=O)OCC. The van der Waals surface area contributed by atoms with Gasteiger partial charge in [-0.1, -0.05) is 0 Å². The number of carbonyl (C=O) groups excluding carboxylic acids is 2. The van der Waals surface area contributed by atoms with Gasteiger partial charge in [0.05, 0.1) is 26.3 Å². The van der Waals surface area contributed by atoms with Crippen LogP contribution in [0, 0.1) is 0 Å². The standard InChI is InChI=1S/C8H15NO4/c1-3-12-7(10)5-9-6-8(11)13-4-2/h9H,3-6H2,1-2H3/i9+1. The molecule has 0 saturated heterocycles. The van der Waals surface area contributed by atoms with E-state index in [9.17, 15) is 9.59 Å². The zero-order valence-electron chi connectivity index (χ0n) is 7.96. The van der Waals surface area contributed by atoms with E-state index in [0.29, 0.717) is 13.2 Å². The van der Waals surface area contributed by atoms with Gasteiger partial charge in [0.1, 0.15) is 0 Å². The molecule has 0 rings (SSSR count). The first-order valence-electron chi connectivity index (χ1n) is 4.22. The molecular weight excluding hydrogens is 175 g/mol. The Bertz CT molecular complexity index is 152. The maximum absolute atomic E-state index is 10.7. The summed E-state index contributed by atoms with van der Waals surface area (Å²) >= 11 is 0. The number of hydrogen-bond donors (Lipinski definition) is 1. The van der Waals surface area contributed by atoms with Crippen LogP contribution in [-0.4, -0.2) is 38.2 Å². The molecule has 0 aliphatic carbocycles. The van der Waals surface area contributed by atoms with Crippen molar-refractivity contribution in [1.29, 1.82) is 0 Å². The summed E-state index contributed by atoms with van der Waals surface area (Å²) in [7, 11) is 0. The van der Waals surface area contributed by atoms with Gasteiger partial charge in [0.15, 0.2) is 0 Å². The van der Waals surface area contributed by atoms with Crippen LogP contribution in [-0.2, 0) is 19.1 Å². The van der Waals surface area contributed by atoms with E-state index in [-0.39, 0.29) is 25.0 Å². The second-order valence-corrected chi connectivity index (χ2v) is 2.21. The quantitative estimate of drug-likeness (QED) is 0.460. The summed E-state index contributed by atoms with van der Waals surface area (Å²) in [5.41, 5.74) is 0. The molecule has 13 heavy (non-hydrogen) atoms. The zero-order chi connectivity index (χ0) is 10.1. The van der Waals surface area contributed by atoms with Crippen molar-refractivity contribution in [1.82, 2.24) is 5.32 Å². The molecule has 0 aromatic rings. The van der Waals surface area contributed by atoms with E-state index in [1.54, 1.807) is 13.8 Å². The van der Waals surface area contributed by atoms with Crippen molar-refractivity contribution in [3.8, 4) is 0 Å². The van der Waals surface area contributed by atoms with Crippen molar-refractivity contribution in [3.05, 3.63) is 0 Å². The molecule has 5 heteroatoms. The Kier molecular flexibility index (Phi) is 6.91. The first kappa shape index (κ1) is 11.9. The molecule has 0 aromatic carbocycles. The van der Waals surface area contributed by atoms with Gasteiger partial charge in [-0.3, -0.25) is 14.9 Å². The summed E-state index contributed by atoms with van der Waals surface area (Å²) in [6, 6.07) is 0. The van der Waals surface area contributed by atoms with Crippen LogP contribution in [0.1, 0.15) is 13.8 Å². The average molecular weight is 190 g/mol. The number of ether oxygens (including phenoxy) is 2. The third kappa shape index (κ3) is 7.27. The van der Waals surface area contributed by atoms with Crippen LogP contribution in [0.25, 0.3) is 0 Å². The Morgan fingerprint density at radius 1 is 1.00 bits per heavy atom. The fraction of sp³-hybridized carbons (Fsp3) is 0.750. The van der Waals surface area contributed by atoms with Crippen molar-refractivity contribution in [2.24, 2.45) is 0 Å². The molecule has 0 bridgehead atoms. The van der Waals surface area contributed by atoms with Crippen LogP contribution in [0.15, 0.2) is 0 Å². The zero-order valence-corrected chi connectivity index (χ0v) is 7.96. The summed E-state index contributed by atoms with van der Waals surface area (Å²) < 4.78 is 9.26. The second-order valence-electron chi connectivity index (χ2n) is 2.21. The number of carbonyl (C=O) groups is 2. The largest absolute Gasteiger partial charge is 0.465 e. The molecule has 0 aliphatic rings. The molecular formula is C8H15NO4. The van der Waals surface area contributed by atoms with Crippen molar-refractivity contribution >= 4 is 11.9 Å². The molecule has 0 atom stereocenters. The lowest BCUT2D eigenvalue weighted by Crippen LogP contribution is -2.30. The molecule has 5 nitrogen and oxygen atoms in total. The Labute approximate surface area is 77.4 Å². The van der Waals surface area contributed by atoms with Gasteiger partial charge in [-0.25, -0.2) is 0 Å². The summed E-state index contributed by atoms with van der Waals surface area (Å²) in [5, 5.41) is 2.61. The molecule has 0 aromatic heterocycles. The highest BCUT2D eigenvalue weighted by atomic mass is 16.5. The molecule has 1 N–H and O–H groups in total. The van der Waals surface area contributed by atoms with E-state index in [2.05, 4.69) is 14.8 Å². The summed E-state index contributed by atoms with van der Waals surface area (Å²) in [6.45, 7) is 4.21. The number of nitrogens with one attached hydrogen (secondary N) is 1. The van der Waals surface area contributed by atoms with Crippen molar-refractivity contribution in [3.63, 3.8) is 0 Å². The lowest BCUT2D eigenvalue weighted by Gasteiger charge is -2.03. The van der Waals surface area contributed by atoms with Gasteiger partial charge in [-0.2, -0.15) is 0 Å². The van der Waals surface area contributed by atoms with E-state index >= 15 is 0 Å². The van der Waals surface area contributed by atoms with Crippen LogP contribution >= 0.6 is 0 Å². The minimum absolute atomic E-state index is 0.0344. The lowest BCUT2D eigenvalue weighted by atomic mass is 10.6. The number of rotatable bonds is 6. The normalized spacial score (nSPS) is 9.38. The summed E-state index contributed by atoms with van der Waals surface area (Å²) in [4.78, 5) is 21.5. The van der Waals surface area contributed by atoms with E-state index in [1.807, 2.05) is 0 Å². The molecule has 0 unspecified atom stereocenters. The maximum Gasteiger partial charge on any atom is 0.319 e. The van der Waals surface area contributed by atoms with Gasteiger partial charge >= 0.3 is 11.9 Å². The maximum atomic E-state index is 10.7. The highest BCUT2D eigenvalue weighted by Gasteiger charge is 2.03. The van der Waals surface area contributed by atoms with Gasteiger partial charge in [-0.15, -0.1) is 0 Å². The predicted molar refractivity (Wildman–Crippen MR) is 46.1 cm³/mol. The fourth-order valence-electron chi connectivity index (χ4n) is 0.691. The van der Waals surface area contributed by atoms with E-state index in [1.165, 1.54) is 0 Å². The molecule has 0 radical (unpaired) electrons. The Balaban J connectivity index is 3.33. The molecule has 0 heterocycles. The van der Waals surface area contributed by atoms with Gasteiger partial charge in [0.2, 0.25) is 0 Å². The van der Waals surface area contributed by atoms with Gasteiger partial charge in [0, 0.05) is 0 Å². The van der Waals surface area contributed by atoms with Gasteiger partial charge < -0.3 is 9.47 Å². The average Bonchev–Trinajstić information content (AvgIpc) is 2.05. The lowest BCUT2D eigenvalue weighted by molar-refractivity contribution is -0.143. The van der Waals surface area contributed by atoms with Crippen LogP contribution in [0.3, 0.4) is 0 Å². The first-order chi connectivity index (χ1) is 6.20. The molecule has 0 fully saturated rings. The van der Waals surface area contributed by atoms with E-state index in [4.69, 9.17) is 0 Å².